The summed E-state index contributed by atoms with van der Waals surface area (Å²) in [6, 6.07) is 8.83. The standard InChI is InChI=1S/C36H60IN2/c37-29-21-17-13-9-5-1-3-8-12-16-20-26-36-28-24-32-39(34-36)31-22-18-14-10-6-2-4-7-11-15-19-25-35-27-23-30-38-33-35/h23-24,27-28,30,32-34H,1-22,25-26,29,31H2/q+1. The summed E-state index contributed by atoms with van der Waals surface area (Å²) in [7, 11) is 0. The normalized spacial score (nSPS) is 11.3. The smallest absolute Gasteiger partial charge is 0.171 e. The predicted octanol–water partition coefficient (Wildman–Crippen LogP) is 11.2. The maximum Gasteiger partial charge on any atom is 0.171 e. The molecular formula is C36H60IN2+. The molecule has 2 aromatic heterocycles. The van der Waals surface area contributed by atoms with Gasteiger partial charge in [0.1, 0.15) is 6.54 Å². The van der Waals surface area contributed by atoms with Gasteiger partial charge in [0.15, 0.2) is 12.4 Å². The second kappa shape index (κ2) is 26.0. The van der Waals surface area contributed by atoms with Gasteiger partial charge in [0.2, 0.25) is 0 Å². The Morgan fingerprint density at radius 1 is 0.513 bits per heavy atom. The molecule has 0 amide bonds. The van der Waals surface area contributed by atoms with E-state index in [0.717, 1.165) is 0 Å². The number of aromatic nitrogens is 2. The molecule has 0 saturated heterocycles. The molecule has 0 spiro atoms. The summed E-state index contributed by atoms with van der Waals surface area (Å²) in [4.78, 5) is 4.21. The Morgan fingerprint density at radius 3 is 1.49 bits per heavy atom. The lowest BCUT2D eigenvalue weighted by atomic mass is 10.0. The van der Waals surface area contributed by atoms with Crippen LogP contribution in [0.5, 0.6) is 0 Å². The number of unbranched alkanes of at least 4 members (excludes halogenated alkanes) is 20. The molecule has 0 aliphatic heterocycles. The van der Waals surface area contributed by atoms with Gasteiger partial charge >= 0.3 is 0 Å². The number of hydrogen-bond acceptors (Lipinski definition) is 1. The Hall–Kier alpha value is -0.970. The second-order valence-corrected chi connectivity index (χ2v) is 12.9. The fraction of sp³-hybridized carbons (Fsp3) is 0.722. The van der Waals surface area contributed by atoms with Crippen LogP contribution in [0.25, 0.3) is 0 Å². The van der Waals surface area contributed by atoms with Crippen LogP contribution in [0.3, 0.4) is 0 Å². The van der Waals surface area contributed by atoms with Crippen molar-refractivity contribution in [3.8, 4) is 0 Å². The van der Waals surface area contributed by atoms with Crippen molar-refractivity contribution in [1.82, 2.24) is 4.98 Å². The summed E-state index contributed by atoms with van der Waals surface area (Å²) >= 11 is 2.50. The molecule has 39 heavy (non-hydrogen) atoms. The lowest BCUT2D eigenvalue weighted by Crippen LogP contribution is -2.33. The van der Waals surface area contributed by atoms with Gasteiger partial charge in [0.25, 0.3) is 0 Å². The molecule has 0 atom stereocenters. The van der Waals surface area contributed by atoms with Gasteiger partial charge in [-0.2, -0.15) is 0 Å². The highest BCUT2D eigenvalue weighted by Gasteiger charge is 2.03. The van der Waals surface area contributed by atoms with Gasteiger partial charge in [-0.1, -0.05) is 138 Å². The molecule has 3 heteroatoms. The van der Waals surface area contributed by atoms with E-state index in [4.69, 9.17) is 0 Å². The predicted molar refractivity (Wildman–Crippen MR) is 179 cm³/mol. The van der Waals surface area contributed by atoms with Crippen molar-refractivity contribution in [3.63, 3.8) is 0 Å². The zero-order valence-electron chi connectivity index (χ0n) is 25.3. The number of hydrogen-bond donors (Lipinski definition) is 0. The highest BCUT2D eigenvalue weighted by atomic mass is 127. The third-order valence-corrected chi connectivity index (χ3v) is 8.89. The number of pyridine rings is 2. The summed E-state index contributed by atoms with van der Waals surface area (Å²) in [5.74, 6) is 0. The average molecular weight is 648 g/mol. The molecule has 2 heterocycles. The zero-order chi connectivity index (χ0) is 27.5. The first-order valence-corrected chi connectivity index (χ1v) is 18.3. The Balaban J connectivity index is 1.33. The number of halogens is 1. The number of aryl methyl sites for hydroxylation is 3. The number of rotatable bonds is 27. The lowest BCUT2D eigenvalue weighted by molar-refractivity contribution is -0.697. The Labute approximate surface area is 256 Å². The molecule has 2 rings (SSSR count). The Bertz CT molecular complexity index is 779. The van der Waals surface area contributed by atoms with Crippen LogP contribution in [0.4, 0.5) is 0 Å². The lowest BCUT2D eigenvalue weighted by Gasteiger charge is -2.04. The highest BCUT2D eigenvalue weighted by Crippen LogP contribution is 2.14. The van der Waals surface area contributed by atoms with E-state index in [1.807, 2.05) is 18.5 Å². The van der Waals surface area contributed by atoms with Crippen LogP contribution < -0.4 is 4.57 Å². The number of nitrogens with zero attached hydrogens (tertiary/aromatic N) is 2. The maximum atomic E-state index is 4.21. The molecule has 220 valence electrons. The minimum absolute atomic E-state index is 1.19. The van der Waals surface area contributed by atoms with Crippen LogP contribution in [0.15, 0.2) is 49.1 Å². The van der Waals surface area contributed by atoms with Crippen LogP contribution in [0.2, 0.25) is 0 Å². The van der Waals surface area contributed by atoms with E-state index in [9.17, 15) is 0 Å². The molecule has 0 radical (unpaired) electrons. The molecule has 0 unspecified atom stereocenters. The minimum Gasteiger partial charge on any atom is -0.264 e. The van der Waals surface area contributed by atoms with E-state index in [2.05, 4.69) is 62.7 Å². The first-order chi connectivity index (χ1) is 19.4. The van der Waals surface area contributed by atoms with Gasteiger partial charge in [-0.05, 0) is 60.6 Å². The van der Waals surface area contributed by atoms with Crippen molar-refractivity contribution in [2.45, 2.75) is 161 Å². The van der Waals surface area contributed by atoms with Crippen LogP contribution in [-0.4, -0.2) is 9.41 Å². The van der Waals surface area contributed by atoms with Crippen molar-refractivity contribution in [2.24, 2.45) is 0 Å². The summed E-state index contributed by atoms with van der Waals surface area (Å²) in [6.45, 7) is 1.19. The fourth-order valence-electron chi connectivity index (χ4n) is 5.64. The maximum absolute atomic E-state index is 4.21. The van der Waals surface area contributed by atoms with E-state index in [1.54, 1.807) is 0 Å². The van der Waals surface area contributed by atoms with E-state index < -0.39 is 0 Å². The van der Waals surface area contributed by atoms with Crippen molar-refractivity contribution in [3.05, 3.63) is 60.2 Å². The summed E-state index contributed by atoms with van der Waals surface area (Å²) in [6.07, 6.45) is 42.1. The monoisotopic (exact) mass is 647 g/mol. The first-order valence-electron chi connectivity index (χ1n) is 16.8. The van der Waals surface area contributed by atoms with Crippen LogP contribution in [-0.2, 0) is 19.4 Å². The second-order valence-electron chi connectivity index (χ2n) is 11.8. The fourth-order valence-corrected chi connectivity index (χ4v) is 6.18. The molecule has 0 N–H and O–H groups in total. The van der Waals surface area contributed by atoms with E-state index in [1.165, 1.54) is 176 Å². The van der Waals surface area contributed by atoms with E-state index >= 15 is 0 Å². The van der Waals surface area contributed by atoms with Crippen molar-refractivity contribution in [1.29, 1.82) is 0 Å². The third kappa shape index (κ3) is 20.5. The molecule has 0 aliphatic carbocycles. The molecule has 0 fully saturated rings. The van der Waals surface area contributed by atoms with Gasteiger partial charge < -0.3 is 0 Å². The highest BCUT2D eigenvalue weighted by molar-refractivity contribution is 14.1. The Kier molecular flexibility index (Phi) is 22.8. The summed E-state index contributed by atoms with van der Waals surface area (Å²) in [5.41, 5.74) is 2.92. The quantitative estimate of drug-likeness (QED) is 0.0408. The average Bonchev–Trinajstić information content (AvgIpc) is 2.97. The zero-order valence-corrected chi connectivity index (χ0v) is 27.4. The molecule has 0 aliphatic rings. The van der Waals surface area contributed by atoms with Crippen molar-refractivity contribution >= 4 is 22.6 Å². The van der Waals surface area contributed by atoms with Gasteiger partial charge in [-0.15, -0.1) is 0 Å². The van der Waals surface area contributed by atoms with E-state index in [-0.39, 0.29) is 0 Å². The van der Waals surface area contributed by atoms with Crippen LogP contribution in [0, 0.1) is 0 Å². The SMILES string of the molecule is ICCCCCCCCCCCCCc1ccc[n+](CCCCCCCCCCCCCc2cccnc2)c1. The van der Waals surface area contributed by atoms with Gasteiger partial charge in [-0.25, -0.2) is 4.57 Å². The van der Waals surface area contributed by atoms with Crippen molar-refractivity contribution in [2.75, 3.05) is 4.43 Å². The largest absolute Gasteiger partial charge is 0.264 e. The molecule has 0 saturated carbocycles. The minimum atomic E-state index is 1.19. The van der Waals surface area contributed by atoms with Crippen LogP contribution in [0.1, 0.15) is 152 Å². The van der Waals surface area contributed by atoms with Gasteiger partial charge in [-0.3, -0.25) is 4.98 Å². The van der Waals surface area contributed by atoms with E-state index in [0.29, 0.717) is 0 Å². The third-order valence-electron chi connectivity index (χ3n) is 8.12. The van der Waals surface area contributed by atoms with Gasteiger partial charge in [0.05, 0.1) is 0 Å². The first kappa shape index (κ1) is 34.2. The number of alkyl halides is 1. The Morgan fingerprint density at radius 2 is 0.974 bits per heavy atom. The van der Waals surface area contributed by atoms with Crippen LogP contribution >= 0.6 is 22.6 Å². The summed E-state index contributed by atoms with van der Waals surface area (Å²) in [5, 5.41) is 0. The molecule has 2 nitrogen and oxygen atoms in total. The van der Waals surface area contributed by atoms with Gasteiger partial charge in [0, 0.05) is 30.4 Å². The summed E-state index contributed by atoms with van der Waals surface area (Å²) < 4.78 is 3.76. The molecule has 0 bridgehead atoms. The molecule has 0 aromatic carbocycles. The molecule has 2 aromatic rings. The molecular weight excluding hydrogens is 587 g/mol. The van der Waals surface area contributed by atoms with Crippen molar-refractivity contribution < 1.29 is 4.57 Å². The topological polar surface area (TPSA) is 16.8 Å².